The van der Waals surface area contributed by atoms with Gasteiger partial charge in [0.05, 0.1) is 0 Å². The van der Waals surface area contributed by atoms with Crippen LogP contribution in [0, 0.1) is 22.2 Å². The number of anilines is 1. The maximum atomic E-state index is 4.93. The molecule has 1 aromatic rings. The second-order valence-electron chi connectivity index (χ2n) is 10.1. The first-order valence-corrected chi connectivity index (χ1v) is 9.56. The summed E-state index contributed by atoms with van der Waals surface area (Å²) in [7, 11) is 4.16. The predicted molar refractivity (Wildman–Crippen MR) is 103 cm³/mol. The number of rotatable bonds is 4. The number of nitrogens with zero attached hydrogens (tertiary/aromatic N) is 2. The third-order valence-corrected chi connectivity index (χ3v) is 6.82. The van der Waals surface area contributed by atoms with E-state index in [2.05, 4.69) is 63.3 Å². The summed E-state index contributed by atoms with van der Waals surface area (Å²) in [6, 6.07) is 8.71. The van der Waals surface area contributed by atoms with Crippen molar-refractivity contribution in [2.75, 3.05) is 25.5 Å². The minimum atomic E-state index is 0.489. The van der Waals surface area contributed by atoms with Crippen molar-refractivity contribution < 1.29 is 0 Å². The molecule has 0 aliphatic heterocycles. The molecule has 4 atom stereocenters. The molecule has 2 unspecified atom stereocenters. The van der Waals surface area contributed by atoms with Crippen LogP contribution in [0.5, 0.6) is 0 Å². The highest BCUT2D eigenvalue weighted by molar-refractivity contribution is 5.80. The van der Waals surface area contributed by atoms with E-state index in [-0.39, 0.29) is 0 Å². The molecule has 1 aromatic carbocycles. The van der Waals surface area contributed by atoms with Crippen LogP contribution in [0.2, 0.25) is 0 Å². The molecular formula is C22H32N2. The lowest BCUT2D eigenvalue weighted by atomic mass is 9.40. The van der Waals surface area contributed by atoms with Crippen molar-refractivity contribution in [2.45, 2.75) is 52.4 Å². The molecule has 130 valence electrons. The van der Waals surface area contributed by atoms with Crippen LogP contribution >= 0.6 is 0 Å². The molecule has 0 N–H and O–H groups in total. The van der Waals surface area contributed by atoms with Crippen LogP contribution in [0.1, 0.15) is 57.9 Å². The number of aliphatic imine (C=N–C) groups is 1. The average Bonchev–Trinajstić information content (AvgIpc) is 2.43. The standard InChI is InChI=1S/C22H32N2/c1-20-9-18-10-21(2,13-20)15-22(11-18,14-20)16-23-12-17-5-7-19(8-6-17)24(3)4/h5-8,12,18H,9-11,13-16H2,1-4H3/t18?,20-,21+,22?. The van der Waals surface area contributed by atoms with Gasteiger partial charge < -0.3 is 4.90 Å². The van der Waals surface area contributed by atoms with E-state index in [0.717, 1.165) is 12.5 Å². The second kappa shape index (κ2) is 5.34. The molecule has 0 heterocycles. The van der Waals surface area contributed by atoms with Crippen molar-refractivity contribution >= 4 is 11.9 Å². The minimum absolute atomic E-state index is 0.489. The molecular weight excluding hydrogens is 292 g/mol. The largest absolute Gasteiger partial charge is 0.378 e. The lowest BCUT2D eigenvalue weighted by molar-refractivity contribution is -0.140. The monoisotopic (exact) mass is 324 g/mol. The van der Waals surface area contributed by atoms with E-state index < -0.39 is 0 Å². The molecule has 0 amide bonds. The average molecular weight is 325 g/mol. The van der Waals surface area contributed by atoms with Crippen molar-refractivity contribution in [1.29, 1.82) is 0 Å². The highest BCUT2D eigenvalue weighted by Crippen LogP contribution is 2.69. The Balaban J connectivity index is 1.47. The Morgan fingerprint density at radius 1 is 1.00 bits per heavy atom. The Hall–Kier alpha value is -1.31. The van der Waals surface area contributed by atoms with Crippen LogP contribution in [-0.4, -0.2) is 26.9 Å². The first kappa shape index (κ1) is 16.2. The zero-order valence-corrected chi connectivity index (χ0v) is 15.8. The fourth-order valence-corrected chi connectivity index (χ4v) is 7.06. The summed E-state index contributed by atoms with van der Waals surface area (Å²) in [5.74, 6) is 0.964. The molecule has 5 rings (SSSR count). The van der Waals surface area contributed by atoms with Gasteiger partial charge in [-0.1, -0.05) is 26.0 Å². The van der Waals surface area contributed by atoms with Crippen molar-refractivity contribution in [2.24, 2.45) is 27.2 Å². The van der Waals surface area contributed by atoms with E-state index in [1.54, 1.807) is 0 Å². The zero-order chi connectivity index (χ0) is 17.0. The third kappa shape index (κ3) is 2.89. The first-order chi connectivity index (χ1) is 11.3. The van der Waals surface area contributed by atoms with Gasteiger partial charge >= 0.3 is 0 Å². The van der Waals surface area contributed by atoms with Gasteiger partial charge in [0.15, 0.2) is 0 Å². The zero-order valence-electron chi connectivity index (χ0n) is 15.8. The summed E-state index contributed by atoms with van der Waals surface area (Å²) in [4.78, 5) is 7.07. The van der Waals surface area contributed by atoms with Gasteiger partial charge in [0.1, 0.15) is 0 Å². The minimum Gasteiger partial charge on any atom is -0.378 e. The summed E-state index contributed by atoms with van der Waals surface area (Å²) in [6.07, 6.45) is 10.7. The van der Waals surface area contributed by atoms with Crippen molar-refractivity contribution in [3.05, 3.63) is 29.8 Å². The lowest BCUT2D eigenvalue weighted by Gasteiger charge is -2.65. The smallest absolute Gasteiger partial charge is 0.0446 e. The van der Waals surface area contributed by atoms with Gasteiger partial charge in [-0.05, 0) is 78.4 Å². The first-order valence-electron chi connectivity index (χ1n) is 9.56. The third-order valence-electron chi connectivity index (χ3n) is 6.82. The SMILES string of the molecule is CN(C)c1ccc(C=NCC23CC4C[C@@](C)(C2)C[C@](C)(C4)C3)cc1. The normalized spacial score (nSPS) is 40.4. The van der Waals surface area contributed by atoms with Crippen molar-refractivity contribution in [1.82, 2.24) is 0 Å². The fourth-order valence-electron chi connectivity index (χ4n) is 7.06. The quantitative estimate of drug-likeness (QED) is 0.698. The van der Waals surface area contributed by atoms with E-state index >= 15 is 0 Å². The van der Waals surface area contributed by atoms with Gasteiger partial charge in [-0.3, -0.25) is 4.99 Å². The molecule has 4 bridgehead atoms. The Morgan fingerprint density at radius 3 is 2.17 bits per heavy atom. The maximum Gasteiger partial charge on any atom is 0.0446 e. The molecule has 2 nitrogen and oxygen atoms in total. The molecule has 0 aromatic heterocycles. The number of hydrogen-bond donors (Lipinski definition) is 0. The molecule has 4 aliphatic rings. The van der Waals surface area contributed by atoms with Crippen LogP contribution in [-0.2, 0) is 0 Å². The topological polar surface area (TPSA) is 15.6 Å². The Labute approximate surface area is 147 Å². The van der Waals surface area contributed by atoms with Crippen LogP contribution in [0.15, 0.2) is 29.3 Å². The lowest BCUT2D eigenvalue weighted by Crippen LogP contribution is -2.55. The van der Waals surface area contributed by atoms with Crippen LogP contribution in [0.4, 0.5) is 5.69 Å². The number of benzene rings is 1. The van der Waals surface area contributed by atoms with Crippen LogP contribution in [0.25, 0.3) is 0 Å². The Morgan fingerprint density at radius 2 is 1.62 bits per heavy atom. The summed E-state index contributed by atoms with van der Waals surface area (Å²) < 4.78 is 0. The predicted octanol–water partition coefficient (Wildman–Crippen LogP) is 5.17. The van der Waals surface area contributed by atoms with Gasteiger partial charge in [0.2, 0.25) is 0 Å². The highest BCUT2D eigenvalue weighted by atomic mass is 15.1. The van der Waals surface area contributed by atoms with Crippen molar-refractivity contribution in [3.63, 3.8) is 0 Å². The summed E-state index contributed by atoms with van der Waals surface area (Å²) in [6.45, 7) is 6.13. The van der Waals surface area contributed by atoms with Gasteiger partial charge in [-0.2, -0.15) is 0 Å². The van der Waals surface area contributed by atoms with Crippen LogP contribution in [0.3, 0.4) is 0 Å². The Bertz CT molecular complexity index is 624. The maximum absolute atomic E-state index is 4.93. The number of hydrogen-bond acceptors (Lipinski definition) is 2. The van der Waals surface area contributed by atoms with E-state index in [4.69, 9.17) is 4.99 Å². The fraction of sp³-hybridized carbons (Fsp3) is 0.682. The summed E-state index contributed by atoms with van der Waals surface area (Å²) in [5.41, 5.74) is 4.15. The molecule has 24 heavy (non-hydrogen) atoms. The van der Waals surface area contributed by atoms with Crippen molar-refractivity contribution in [3.8, 4) is 0 Å². The molecule has 4 saturated carbocycles. The van der Waals surface area contributed by atoms with E-state index in [1.165, 1.54) is 49.8 Å². The molecule has 0 saturated heterocycles. The van der Waals surface area contributed by atoms with Gasteiger partial charge in [-0.15, -0.1) is 0 Å². The van der Waals surface area contributed by atoms with Gasteiger partial charge in [-0.25, -0.2) is 0 Å². The molecule has 0 spiro atoms. The van der Waals surface area contributed by atoms with Gasteiger partial charge in [0, 0.05) is 32.5 Å². The molecule has 4 aliphatic carbocycles. The molecule has 0 radical (unpaired) electrons. The Kier molecular flexibility index (Phi) is 3.60. The van der Waals surface area contributed by atoms with E-state index in [9.17, 15) is 0 Å². The summed E-state index contributed by atoms with van der Waals surface area (Å²) >= 11 is 0. The second-order valence-corrected chi connectivity index (χ2v) is 10.1. The van der Waals surface area contributed by atoms with E-state index in [0.29, 0.717) is 16.2 Å². The molecule has 4 fully saturated rings. The summed E-state index contributed by atoms with van der Waals surface area (Å²) in [5, 5.41) is 0. The van der Waals surface area contributed by atoms with E-state index in [1.807, 2.05) is 0 Å². The molecule has 2 heteroatoms. The van der Waals surface area contributed by atoms with Crippen LogP contribution < -0.4 is 4.90 Å². The van der Waals surface area contributed by atoms with Gasteiger partial charge in [0.25, 0.3) is 0 Å². The highest BCUT2D eigenvalue weighted by Gasteiger charge is 2.59.